The first-order valence-corrected chi connectivity index (χ1v) is 7.95. The molecule has 1 N–H and O–H groups in total. The number of ether oxygens (including phenoxy) is 1. The summed E-state index contributed by atoms with van der Waals surface area (Å²) in [5, 5.41) is 3.01. The molecule has 0 aromatic heterocycles. The Morgan fingerprint density at radius 3 is 2.91 bits per heavy atom. The number of nitrogens with zero attached hydrogens (tertiary/aromatic N) is 1. The molecule has 0 unspecified atom stereocenters. The van der Waals surface area contributed by atoms with Crippen LogP contribution >= 0.6 is 0 Å². The second-order valence-electron chi connectivity index (χ2n) is 6.05. The van der Waals surface area contributed by atoms with Gasteiger partial charge in [-0.05, 0) is 30.5 Å². The van der Waals surface area contributed by atoms with Crippen molar-refractivity contribution in [3.63, 3.8) is 0 Å². The minimum Gasteiger partial charge on any atom is -0.491 e. The number of rotatable bonds is 3. The maximum atomic E-state index is 12.1. The van der Waals surface area contributed by atoms with Crippen LogP contribution in [0.25, 0.3) is 0 Å². The Kier molecular flexibility index (Phi) is 4.32. The quantitative estimate of drug-likeness (QED) is 0.931. The van der Waals surface area contributed by atoms with Gasteiger partial charge in [0, 0.05) is 19.5 Å². The highest BCUT2D eigenvalue weighted by Crippen LogP contribution is 2.31. The summed E-state index contributed by atoms with van der Waals surface area (Å²) in [6, 6.07) is 5.74. The Bertz CT molecular complexity index is 579. The summed E-state index contributed by atoms with van der Waals surface area (Å²) in [5.74, 6) is 1.09. The van der Waals surface area contributed by atoms with E-state index >= 15 is 0 Å². The highest BCUT2D eigenvalue weighted by Gasteiger charge is 2.23. The van der Waals surface area contributed by atoms with E-state index in [1.54, 1.807) is 11.9 Å². The number of benzene rings is 1. The molecule has 2 aliphatic rings. The van der Waals surface area contributed by atoms with Crippen molar-refractivity contribution in [3.05, 3.63) is 23.8 Å². The van der Waals surface area contributed by atoms with Gasteiger partial charge in [0.05, 0.1) is 18.7 Å². The van der Waals surface area contributed by atoms with E-state index in [9.17, 15) is 9.59 Å². The molecule has 118 valence electrons. The lowest BCUT2D eigenvalue weighted by Gasteiger charge is -2.18. The summed E-state index contributed by atoms with van der Waals surface area (Å²) in [6.07, 6.45) is 4.70. The average molecular weight is 302 g/mol. The third-order valence-electron chi connectivity index (χ3n) is 4.53. The molecule has 0 saturated heterocycles. The summed E-state index contributed by atoms with van der Waals surface area (Å²) in [5.41, 5.74) is 1.75. The Morgan fingerprint density at radius 1 is 1.36 bits per heavy atom. The third kappa shape index (κ3) is 3.08. The molecule has 1 aliphatic carbocycles. The van der Waals surface area contributed by atoms with Gasteiger partial charge in [0.15, 0.2) is 0 Å². The summed E-state index contributed by atoms with van der Waals surface area (Å²) in [6.45, 7) is 0.901. The van der Waals surface area contributed by atoms with Crippen LogP contribution in [0.1, 0.15) is 37.7 Å². The summed E-state index contributed by atoms with van der Waals surface area (Å²) in [7, 11) is 1.76. The van der Waals surface area contributed by atoms with E-state index in [-0.39, 0.29) is 17.7 Å². The smallest absolute Gasteiger partial charge is 0.230 e. The van der Waals surface area contributed by atoms with E-state index in [0.29, 0.717) is 19.6 Å². The molecule has 0 radical (unpaired) electrons. The van der Waals surface area contributed by atoms with Crippen LogP contribution in [0.15, 0.2) is 18.2 Å². The fraction of sp³-hybridized carbons (Fsp3) is 0.529. The predicted molar refractivity (Wildman–Crippen MR) is 83.8 cm³/mol. The number of anilines is 1. The lowest BCUT2D eigenvalue weighted by atomic mass is 10.1. The van der Waals surface area contributed by atoms with E-state index in [4.69, 9.17) is 4.74 Å². The Labute approximate surface area is 130 Å². The van der Waals surface area contributed by atoms with Gasteiger partial charge in [0.2, 0.25) is 11.8 Å². The van der Waals surface area contributed by atoms with Crippen molar-refractivity contribution in [3.8, 4) is 5.75 Å². The first-order valence-electron chi connectivity index (χ1n) is 7.95. The van der Waals surface area contributed by atoms with Gasteiger partial charge in [-0.1, -0.05) is 18.9 Å². The molecule has 0 spiro atoms. The number of carbonyl (C=O) groups is 2. The molecule has 1 aliphatic heterocycles. The predicted octanol–water partition coefficient (Wildman–Crippen LogP) is 2.24. The highest BCUT2D eigenvalue weighted by molar-refractivity contribution is 5.95. The van der Waals surface area contributed by atoms with Crippen molar-refractivity contribution in [2.75, 3.05) is 18.6 Å². The standard InChI is InChI=1S/C17H22N2O3/c1-19-14-10-12(6-7-15(14)22-9-8-16(19)20)11-18-17(21)13-4-2-3-5-13/h6-7,10,13H,2-5,8-9,11H2,1H3,(H,18,21). The van der Waals surface area contributed by atoms with Gasteiger partial charge >= 0.3 is 0 Å². The van der Waals surface area contributed by atoms with Crippen molar-refractivity contribution >= 4 is 17.5 Å². The summed E-state index contributed by atoms with van der Waals surface area (Å²) in [4.78, 5) is 25.6. The van der Waals surface area contributed by atoms with Gasteiger partial charge < -0.3 is 15.0 Å². The molecule has 5 heteroatoms. The van der Waals surface area contributed by atoms with Crippen LogP contribution in [0.5, 0.6) is 5.75 Å². The highest BCUT2D eigenvalue weighted by atomic mass is 16.5. The number of carbonyl (C=O) groups excluding carboxylic acids is 2. The van der Waals surface area contributed by atoms with Gasteiger partial charge in [-0.15, -0.1) is 0 Å². The van der Waals surface area contributed by atoms with Crippen molar-refractivity contribution in [2.45, 2.75) is 38.6 Å². The maximum absolute atomic E-state index is 12.1. The number of hydrogen-bond acceptors (Lipinski definition) is 3. The molecular formula is C17H22N2O3. The van der Waals surface area contributed by atoms with Crippen molar-refractivity contribution < 1.29 is 14.3 Å². The molecule has 1 fully saturated rings. The maximum Gasteiger partial charge on any atom is 0.230 e. The monoisotopic (exact) mass is 302 g/mol. The van der Waals surface area contributed by atoms with Crippen LogP contribution in [0.3, 0.4) is 0 Å². The van der Waals surface area contributed by atoms with Crippen LogP contribution in [-0.2, 0) is 16.1 Å². The SMILES string of the molecule is CN1C(=O)CCOc2ccc(CNC(=O)C3CCCC3)cc21. The van der Waals surface area contributed by atoms with Crippen LogP contribution in [0, 0.1) is 5.92 Å². The Hall–Kier alpha value is -2.04. The summed E-state index contributed by atoms with van der Waals surface area (Å²) < 4.78 is 5.60. The summed E-state index contributed by atoms with van der Waals surface area (Å²) >= 11 is 0. The molecule has 1 aromatic rings. The van der Waals surface area contributed by atoms with E-state index in [2.05, 4.69) is 5.32 Å². The van der Waals surface area contributed by atoms with Gasteiger partial charge in [0.1, 0.15) is 5.75 Å². The van der Waals surface area contributed by atoms with Crippen LogP contribution in [-0.4, -0.2) is 25.5 Å². The lowest BCUT2D eigenvalue weighted by Crippen LogP contribution is -2.29. The lowest BCUT2D eigenvalue weighted by molar-refractivity contribution is -0.125. The van der Waals surface area contributed by atoms with Crippen molar-refractivity contribution in [1.29, 1.82) is 0 Å². The molecule has 0 atom stereocenters. The molecular weight excluding hydrogens is 280 g/mol. The van der Waals surface area contributed by atoms with E-state index < -0.39 is 0 Å². The van der Waals surface area contributed by atoms with Gasteiger partial charge in [-0.2, -0.15) is 0 Å². The molecule has 2 amide bonds. The first kappa shape index (κ1) is 14.9. The minimum absolute atomic E-state index is 0.0471. The molecule has 1 heterocycles. The van der Waals surface area contributed by atoms with Gasteiger partial charge in [-0.25, -0.2) is 0 Å². The van der Waals surface area contributed by atoms with Crippen LogP contribution in [0.2, 0.25) is 0 Å². The Balaban J connectivity index is 1.69. The zero-order valence-electron chi connectivity index (χ0n) is 12.9. The normalized spacial score (nSPS) is 18.6. The fourth-order valence-corrected chi connectivity index (χ4v) is 3.13. The van der Waals surface area contributed by atoms with Crippen LogP contribution < -0.4 is 15.0 Å². The van der Waals surface area contributed by atoms with Gasteiger partial charge in [-0.3, -0.25) is 9.59 Å². The second-order valence-corrected chi connectivity index (χ2v) is 6.05. The van der Waals surface area contributed by atoms with Crippen molar-refractivity contribution in [2.24, 2.45) is 5.92 Å². The first-order chi connectivity index (χ1) is 10.6. The molecule has 0 bridgehead atoms. The fourth-order valence-electron chi connectivity index (χ4n) is 3.13. The zero-order chi connectivity index (χ0) is 15.5. The van der Waals surface area contributed by atoms with E-state index in [1.165, 1.54) is 0 Å². The van der Waals surface area contributed by atoms with Crippen LogP contribution in [0.4, 0.5) is 5.69 Å². The number of amides is 2. The molecule has 1 aromatic carbocycles. The van der Waals surface area contributed by atoms with E-state index in [1.807, 2.05) is 18.2 Å². The number of hydrogen-bond donors (Lipinski definition) is 1. The average Bonchev–Trinajstić information content (AvgIpc) is 3.02. The second kappa shape index (κ2) is 6.38. The zero-order valence-corrected chi connectivity index (χ0v) is 12.9. The van der Waals surface area contributed by atoms with Gasteiger partial charge in [0.25, 0.3) is 0 Å². The minimum atomic E-state index is 0.0471. The largest absolute Gasteiger partial charge is 0.491 e. The topological polar surface area (TPSA) is 58.6 Å². The molecule has 22 heavy (non-hydrogen) atoms. The van der Waals surface area contributed by atoms with Crippen molar-refractivity contribution in [1.82, 2.24) is 5.32 Å². The third-order valence-corrected chi connectivity index (χ3v) is 4.53. The van der Waals surface area contributed by atoms with E-state index in [0.717, 1.165) is 42.7 Å². The molecule has 3 rings (SSSR count). The molecule has 5 nitrogen and oxygen atoms in total. The Morgan fingerprint density at radius 2 is 2.14 bits per heavy atom. The molecule has 1 saturated carbocycles. The number of fused-ring (bicyclic) bond motifs is 1. The number of nitrogens with one attached hydrogen (secondary N) is 1.